The number of ether oxygens (including phenoxy) is 2. The molecule has 0 atom stereocenters. The second-order valence-corrected chi connectivity index (χ2v) is 8.96. The van der Waals surface area contributed by atoms with Crippen molar-refractivity contribution in [1.82, 2.24) is 8.87 Å². The lowest BCUT2D eigenvalue weighted by atomic mass is 10.2. The summed E-state index contributed by atoms with van der Waals surface area (Å²) in [4.78, 5) is 13.1. The van der Waals surface area contributed by atoms with E-state index in [0.717, 1.165) is 19.3 Å². The van der Waals surface area contributed by atoms with Gasteiger partial charge in [-0.3, -0.25) is 4.79 Å². The van der Waals surface area contributed by atoms with Gasteiger partial charge in [-0.15, -0.1) is 0 Å². The SMILES string of the molecule is COc1cc(NC(=O)c2cc(S(=O)(=O)N3CCCCC3)c(C)n2C)cc(OC)c1. The van der Waals surface area contributed by atoms with E-state index in [9.17, 15) is 13.2 Å². The Morgan fingerprint density at radius 3 is 2.14 bits per heavy atom. The highest BCUT2D eigenvalue weighted by Gasteiger charge is 2.30. The highest BCUT2D eigenvalue weighted by molar-refractivity contribution is 7.89. The quantitative estimate of drug-likeness (QED) is 0.775. The van der Waals surface area contributed by atoms with Crippen molar-refractivity contribution in [2.75, 3.05) is 32.6 Å². The van der Waals surface area contributed by atoms with Gasteiger partial charge in [0, 0.05) is 49.7 Å². The summed E-state index contributed by atoms with van der Waals surface area (Å²) in [6.07, 6.45) is 2.75. The second-order valence-electron chi connectivity index (χ2n) is 7.06. The van der Waals surface area contributed by atoms with Gasteiger partial charge in [0.05, 0.1) is 14.2 Å². The Morgan fingerprint density at radius 2 is 1.59 bits per heavy atom. The van der Waals surface area contributed by atoms with Crippen molar-refractivity contribution in [3.8, 4) is 11.5 Å². The third kappa shape index (κ3) is 4.25. The first-order valence-electron chi connectivity index (χ1n) is 9.49. The number of benzene rings is 1. The van der Waals surface area contributed by atoms with Gasteiger partial charge in [0.15, 0.2) is 0 Å². The number of carbonyl (C=O) groups is 1. The second kappa shape index (κ2) is 8.46. The fourth-order valence-corrected chi connectivity index (χ4v) is 5.26. The van der Waals surface area contributed by atoms with Crippen molar-refractivity contribution in [3.63, 3.8) is 0 Å². The van der Waals surface area contributed by atoms with Crippen molar-refractivity contribution >= 4 is 21.6 Å². The van der Waals surface area contributed by atoms with E-state index < -0.39 is 15.9 Å². The van der Waals surface area contributed by atoms with Crippen molar-refractivity contribution in [3.05, 3.63) is 35.7 Å². The van der Waals surface area contributed by atoms with Crippen LogP contribution in [0.4, 0.5) is 5.69 Å². The molecule has 0 aliphatic carbocycles. The van der Waals surface area contributed by atoms with E-state index in [1.54, 1.807) is 36.7 Å². The molecular weight excluding hydrogens is 394 g/mol. The Hall–Kier alpha value is -2.52. The molecule has 2 heterocycles. The van der Waals surface area contributed by atoms with E-state index in [0.29, 0.717) is 36.0 Å². The van der Waals surface area contributed by atoms with Gasteiger partial charge < -0.3 is 19.4 Å². The zero-order chi connectivity index (χ0) is 21.2. The van der Waals surface area contributed by atoms with Crippen LogP contribution >= 0.6 is 0 Å². The lowest BCUT2D eigenvalue weighted by molar-refractivity contribution is 0.101. The van der Waals surface area contributed by atoms with Crippen molar-refractivity contribution < 1.29 is 22.7 Å². The number of sulfonamides is 1. The predicted octanol–water partition coefficient (Wildman–Crippen LogP) is 2.78. The fourth-order valence-electron chi connectivity index (χ4n) is 3.47. The molecule has 1 fully saturated rings. The van der Waals surface area contributed by atoms with Crippen molar-refractivity contribution in [2.24, 2.45) is 7.05 Å². The minimum absolute atomic E-state index is 0.176. The smallest absolute Gasteiger partial charge is 0.272 e. The molecule has 2 aromatic rings. The van der Waals surface area contributed by atoms with Crippen LogP contribution in [0.1, 0.15) is 35.4 Å². The molecule has 1 saturated heterocycles. The molecule has 9 heteroatoms. The summed E-state index contributed by atoms with van der Waals surface area (Å²) < 4.78 is 39.7. The molecular formula is C20H27N3O5S. The topological polar surface area (TPSA) is 89.9 Å². The summed E-state index contributed by atoms with van der Waals surface area (Å²) in [5, 5.41) is 2.79. The lowest BCUT2D eigenvalue weighted by Gasteiger charge is -2.25. The van der Waals surface area contributed by atoms with Crippen LogP contribution in [0.5, 0.6) is 11.5 Å². The standard InChI is InChI=1S/C20H27N3O5S/c1-14-19(29(25,26)23-8-6-5-7-9-23)13-18(22(14)2)20(24)21-15-10-16(27-3)12-17(11-15)28-4/h10-13H,5-9H2,1-4H3,(H,21,24). The van der Waals surface area contributed by atoms with Crippen LogP contribution in [-0.4, -0.2) is 50.5 Å². The summed E-state index contributed by atoms with van der Waals surface area (Å²) in [6, 6.07) is 6.49. The minimum Gasteiger partial charge on any atom is -0.497 e. The van der Waals surface area contributed by atoms with E-state index in [-0.39, 0.29) is 10.6 Å². The Bertz CT molecular complexity index is 985. The largest absolute Gasteiger partial charge is 0.497 e. The van der Waals surface area contributed by atoms with Crippen LogP contribution in [0.15, 0.2) is 29.2 Å². The maximum atomic E-state index is 13.1. The maximum absolute atomic E-state index is 13.1. The Labute approximate surface area is 171 Å². The number of hydrogen-bond acceptors (Lipinski definition) is 5. The monoisotopic (exact) mass is 421 g/mol. The third-order valence-corrected chi connectivity index (χ3v) is 7.28. The number of nitrogens with one attached hydrogen (secondary N) is 1. The molecule has 29 heavy (non-hydrogen) atoms. The molecule has 1 amide bonds. The van der Waals surface area contributed by atoms with Gasteiger partial charge in [0.1, 0.15) is 22.1 Å². The molecule has 0 radical (unpaired) electrons. The first-order valence-corrected chi connectivity index (χ1v) is 10.9. The zero-order valence-electron chi connectivity index (χ0n) is 17.2. The third-order valence-electron chi connectivity index (χ3n) is 5.26. The minimum atomic E-state index is -3.63. The Balaban J connectivity index is 1.90. The van der Waals surface area contributed by atoms with E-state index in [1.165, 1.54) is 24.6 Å². The molecule has 1 aromatic carbocycles. The van der Waals surface area contributed by atoms with Gasteiger partial charge in [-0.1, -0.05) is 6.42 Å². The number of hydrogen-bond donors (Lipinski definition) is 1. The predicted molar refractivity (Wildman–Crippen MR) is 110 cm³/mol. The highest BCUT2D eigenvalue weighted by atomic mass is 32.2. The van der Waals surface area contributed by atoms with Crippen LogP contribution in [0, 0.1) is 6.92 Å². The van der Waals surface area contributed by atoms with E-state index in [2.05, 4.69) is 5.32 Å². The van der Waals surface area contributed by atoms with Crippen molar-refractivity contribution in [1.29, 1.82) is 0 Å². The van der Waals surface area contributed by atoms with Crippen LogP contribution in [0.2, 0.25) is 0 Å². The van der Waals surface area contributed by atoms with Crippen molar-refractivity contribution in [2.45, 2.75) is 31.1 Å². The first kappa shape index (κ1) is 21.2. The molecule has 1 aliphatic rings. The normalized spacial score (nSPS) is 15.2. The fraction of sp³-hybridized carbons (Fsp3) is 0.450. The van der Waals surface area contributed by atoms with Gasteiger partial charge in [0.25, 0.3) is 5.91 Å². The molecule has 158 valence electrons. The number of amides is 1. The number of rotatable bonds is 6. The van der Waals surface area contributed by atoms with Gasteiger partial charge in [-0.05, 0) is 25.8 Å². The summed E-state index contributed by atoms with van der Waals surface area (Å²) in [5.41, 5.74) is 1.29. The van der Waals surface area contributed by atoms with E-state index in [4.69, 9.17) is 9.47 Å². The number of aromatic nitrogens is 1. The number of methoxy groups -OCH3 is 2. The Morgan fingerprint density at radius 1 is 1.00 bits per heavy atom. The van der Waals surface area contributed by atoms with E-state index in [1.807, 2.05) is 0 Å². The number of carbonyl (C=O) groups excluding carboxylic acids is 1. The molecule has 0 bridgehead atoms. The average Bonchev–Trinajstić information content (AvgIpc) is 3.03. The van der Waals surface area contributed by atoms with Crippen LogP contribution in [0.25, 0.3) is 0 Å². The summed E-state index contributed by atoms with van der Waals surface area (Å²) in [6.45, 7) is 2.74. The summed E-state index contributed by atoms with van der Waals surface area (Å²) >= 11 is 0. The molecule has 1 aromatic heterocycles. The first-order chi connectivity index (χ1) is 13.8. The van der Waals surface area contributed by atoms with Crippen LogP contribution in [-0.2, 0) is 17.1 Å². The summed E-state index contributed by atoms with van der Waals surface area (Å²) in [7, 11) is 1.11. The molecule has 0 saturated carbocycles. The zero-order valence-corrected chi connectivity index (χ0v) is 18.0. The van der Waals surface area contributed by atoms with Crippen LogP contribution in [0.3, 0.4) is 0 Å². The lowest BCUT2D eigenvalue weighted by Crippen LogP contribution is -2.35. The molecule has 0 spiro atoms. The molecule has 0 unspecified atom stereocenters. The molecule has 1 aliphatic heterocycles. The molecule has 1 N–H and O–H groups in total. The van der Waals surface area contributed by atoms with Gasteiger partial charge in [-0.25, -0.2) is 8.42 Å². The number of piperidine rings is 1. The average molecular weight is 422 g/mol. The highest BCUT2D eigenvalue weighted by Crippen LogP contribution is 2.28. The van der Waals surface area contributed by atoms with Crippen LogP contribution < -0.4 is 14.8 Å². The van der Waals surface area contributed by atoms with Gasteiger partial charge >= 0.3 is 0 Å². The number of anilines is 1. The number of nitrogens with zero attached hydrogens (tertiary/aromatic N) is 2. The van der Waals surface area contributed by atoms with Gasteiger partial charge in [0.2, 0.25) is 10.0 Å². The van der Waals surface area contributed by atoms with Gasteiger partial charge in [-0.2, -0.15) is 4.31 Å². The maximum Gasteiger partial charge on any atom is 0.272 e. The molecule has 3 rings (SSSR count). The van der Waals surface area contributed by atoms with E-state index >= 15 is 0 Å². The summed E-state index contributed by atoms with van der Waals surface area (Å²) in [5.74, 6) is 0.665. The molecule has 8 nitrogen and oxygen atoms in total. The Kier molecular flexibility index (Phi) is 6.18.